The minimum atomic E-state index is 0.299. The van der Waals surface area contributed by atoms with Crippen molar-refractivity contribution in [2.45, 2.75) is 0 Å². The molecule has 2 heterocycles. The molecule has 0 aliphatic rings. The summed E-state index contributed by atoms with van der Waals surface area (Å²) < 4.78 is 2.20. The van der Waals surface area contributed by atoms with E-state index in [1.54, 1.807) is 16.5 Å². The van der Waals surface area contributed by atoms with E-state index < -0.39 is 0 Å². The van der Waals surface area contributed by atoms with E-state index >= 15 is 0 Å². The second kappa shape index (κ2) is 3.12. The van der Waals surface area contributed by atoms with Gasteiger partial charge in [-0.3, -0.25) is 9.20 Å². The fraction of sp³-hybridized carbons (Fsp3) is 0. The first kappa shape index (κ1) is 8.72. The number of hydrogen-bond donors (Lipinski definition) is 0. The number of carbonyl (C=O) groups excluding carboxylic acids is 1. The van der Waals surface area contributed by atoms with Crippen LogP contribution in [0.1, 0.15) is 10.6 Å². The van der Waals surface area contributed by atoms with E-state index in [-0.39, 0.29) is 0 Å². The fourth-order valence-corrected chi connectivity index (χ4v) is 1.91. The third-order valence-electron chi connectivity index (χ3n) is 1.70. The van der Waals surface area contributed by atoms with Gasteiger partial charge in [0.15, 0.2) is 12.1 Å². The average molecular weight is 259 g/mol. The third kappa shape index (κ3) is 1.26. The molecule has 0 spiro atoms. The molecule has 0 radical (unpaired) electrons. The van der Waals surface area contributed by atoms with Crippen LogP contribution in [0.2, 0.25) is 5.15 Å². The molecule has 5 heteroatoms. The van der Waals surface area contributed by atoms with Gasteiger partial charge >= 0.3 is 0 Å². The molecule has 0 amide bonds. The number of pyridine rings is 1. The molecule has 0 atom stereocenters. The second-order valence-electron chi connectivity index (χ2n) is 2.45. The predicted molar refractivity (Wildman–Crippen MR) is 53.3 cm³/mol. The Balaban J connectivity index is 2.96. The first-order valence-electron chi connectivity index (χ1n) is 3.51. The lowest BCUT2D eigenvalue weighted by Crippen LogP contribution is -1.92. The molecule has 2 aromatic rings. The summed E-state index contributed by atoms with van der Waals surface area (Å²) in [4.78, 5) is 14.6. The Morgan fingerprint density at radius 3 is 3.00 bits per heavy atom. The normalized spacial score (nSPS) is 10.6. The zero-order valence-corrected chi connectivity index (χ0v) is 8.71. The lowest BCUT2D eigenvalue weighted by Gasteiger charge is -1.97. The average Bonchev–Trinajstić information content (AvgIpc) is 2.45. The van der Waals surface area contributed by atoms with Crippen LogP contribution in [0.4, 0.5) is 0 Å². The van der Waals surface area contributed by atoms with Gasteiger partial charge in [-0.2, -0.15) is 0 Å². The molecular formula is C8H4BrClN2O. The number of fused-ring (bicyclic) bond motifs is 1. The van der Waals surface area contributed by atoms with Crippen LogP contribution in [0, 0.1) is 0 Å². The number of aldehydes is 1. The molecule has 2 rings (SSSR count). The van der Waals surface area contributed by atoms with Gasteiger partial charge in [0.1, 0.15) is 9.76 Å². The number of carbonyl (C=O) groups is 1. The Kier molecular flexibility index (Phi) is 2.09. The van der Waals surface area contributed by atoms with E-state index in [1.165, 1.54) is 0 Å². The van der Waals surface area contributed by atoms with Crippen LogP contribution < -0.4 is 0 Å². The quantitative estimate of drug-likeness (QED) is 0.583. The molecular weight excluding hydrogens is 255 g/mol. The SMILES string of the molecule is O=Cc1nc(Br)c2cccc(Cl)n12. The van der Waals surface area contributed by atoms with Crippen molar-refractivity contribution in [3.05, 3.63) is 33.8 Å². The molecule has 0 bridgehead atoms. The Hall–Kier alpha value is -0.870. The van der Waals surface area contributed by atoms with E-state index in [1.807, 2.05) is 6.07 Å². The van der Waals surface area contributed by atoms with Crippen LogP contribution in [-0.4, -0.2) is 15.7 Å². The highest BCUT2D eigenvalue weighted by Gasteiger charge is 2.09. The smallest absolute Gasteiger partial charge is 0.186 e. The van der Waals surface area contributed by atoms with Crippen molar-refractivity contribution in [2.75, 3.05) is 0 Å². The number of imidazole rings is 1. The Bertz CT molecular complexity index is 480. The minimum Gasteiger partial charge on any atom is -0.294 e. The van der Waals surface area contributed by atoms with Gasteiger partial charge in [-0.25, -0.2) is 4.98 Å². The summed E-state index contributed by atoms with van der Waals surface area (Å²) in [6.45, 7) is 0. The van der Waals surface area contributed by atoms with Gasteiger partial charge in [-0.15, -0.1) is 0 Å². The van der Waals surface area contributed by atoms with Crippen LogP contribution >= 0.6 is 27.5 Å². The summed E-state index contributed by atoms with van der Waals surface area (Å²) >= 11 is 9.14. The predicted octanol–water partition coefficient (Wildman–Crippen LogP) is 2.56. The van der Waals surface area contributed by atoms with E-state index in [0.717, 1.165) is 5.52 Å². The van der Waals surface area contributed by atoms with Crippen molar-refractivity contribution in [1.29, 1.82) is 0 Å². The molecule has 0 N–H and O–H groups in total. The number of aromatic nitrogens is 2. The summed E-state index contributed by atoms with van der Waals surface area (Å²) in [5.74, 6) is 0.299. The molecule has 0 aliphatic heterocycles. The largest absolute Gasteiger partial charge is 0.294 e. The number of halogens is 2. The molecule has 0 aromatic carbocycles. The Morgan fingerprint density at radius 1 is 1.54 bits per heavy atom. The van der Waals surface area contributed by atoms with Crippen LogP contribution in [0.25, 0.3) is 5.52 Å². The lowest BCUT2D eigenvalue weighted by atomic mass is 10.4. The highest BCUT2D eigenvalue weighted by Crippen LogP contribution is 2.22. The maximum atomic E-state index is 10.6. The summed E-state index contributed by atoms with van der Waals surface area (Å²) in [6.07, 6.45) is 0.670. The van der Waals surface area contributed by atoms with Crippen LogP contribution in [0.5, 0.6) is 0 Å². The van der Waals surface area contributed by atoms with Crippen LogP contribution in [-0.2, 0) is 0 Å². The van der Waals surface area contributed by atoms with Crippen molar-refractivity contribution >= 4 is 39.3 Å². The molecule has 13 heavy (non-hydrogen) atoms. The van der Waals surface area contributed by atoms with Crippen LogP contribution in [0.15, 0.2) is 22.8 Å². The zero-order valence-electron chi connectivity index (χ0n) is 6.37. The van der Waals surface area contributed by atoms with Gasteiger partial charge < -0.3 is 0 Å². The van der Waals surface area contributed by atoms with Gasteiger partial charge in [0.05, 0.1) is 5.52 Å². The standard InChI is InChI=1S/C8H4BrClN2O/c9-8-5-2-1-3-6(10)12(5)7(4-13)11-8/h1-4H. The van der Waals surface area contributed by atoms with Crippen molar-refractivity contribution in [2.24, 2.45) is 0 Å². The topological polar surface area (TPSA) is 34.4 Å². The van der Waals surface area contributed by atoms with E-state index in [4.69, 9.17) is 11.6 Å². The number of hydrogen-bond acceptors (Lipinski definition) is 2. The molecule has 0 aliphatic carbocycles. The molecule has 0 saturated heterocycles. The highest BCUT2D eigenvalue weighted by molar-refractivity contribution is 9.10. The highest BCUT2D eigenvalue weighted by atomic mass is 79.9. The first-order chi connectivity index (χ1) is 6.24. The Labute approximate surface area is 87.5 Å². The summed E-state index contributed by atoms with van der Waals surface area (Å²) in [5, 5.41) is 0.470. The van der Waals surface area contributed by atoms with Crippen molar-refractivity contribution in [3.63, 3.8) is 0 Å². The molecule has 0 saturated carbocycles. The summed E-state index contributed by atoms with van der Waals surface area (Å²) in [7, 11) is 0. The minimum absolute atomic E-state index is 0.299. The zero-order chi connectivity index (χ0) is 9.42. The second-order valence-corrected chi connectivity index (χ2v) is 3.59. The monoisotopic (exact) mass is 258 g/mol. The lowest BCUT2D eigenvalue weighted by molar-refractivity contribution is 0.111. The maximum absolute atomic E-state index is 10.6. The fourth-order valence-electron chi connectivity index (χ4n) is 1.16. The summed E-state index contributed by atoms with van der Waals surface area (Å²) in [6, 6.07) is 5.34. The molecule has 66 valence electrons. The third-order valence-corrected chi connectivity index (χ3v) is 2.58. The van der Waals surface area contributed by atoms with E-state index in [2.05, 4.69) is 20.9 Å². The molecule has 0 unspecified atom stereocenters. The van der Waals surface area contributed by atoms with Gasteiger partial charge in [0, 0.05) is 0 Å². The number of nitrogens with zero attached hydrogens (tertiary/aromatic N) is 2. The molecule has 3 nitrogen and oxygen atoms in total. The van der Waals surface area contributed by atoms with Crippen molar-refractivity contribution in [3.8, 4) is 0 Å². The van der Waals surface area contributed by atoms with Gasteiger partial charge in [-0.05, 0) is 28.1 Å². The van der Waals surface area contributed by atoms with E-state index in [0.29, 0.717) is 21.9 Å². The summed E-state index contributed by atoms with van der Waals surface area (Å²) in [5.41, 5.74) is 0.787. The van der Waals surface area contributed by atoms with Crippen LogP contribution in [0.3, 0.4) is 0 Å². The van der Waals surface area contributed by atoms with Gasteiger partial charge in [0.25, 0.3) is 0 Å². The number of rotatable bonds is 1. The van der Waals surface area contributed by atoms with Gasteiger partial charge in [-0.1, -0.05) is 17.7 Å². The maximum Gasteiger partial charge on any atom is 0.186 e. The molecule has 0 fully saturated rings. The van der Waals surface area contributed by atoms with Crippen molar-refractivity contribution < 1.29 is 4.79 Å². The first-order valence-corrected chi connectivity index (χ1v) is 4.69. The molecule has 2 aromatic heterocycles. The Morgan fingerprint density at radius 2 is 2.31 bits per heavy atom. The van der Waals surface area contributed by atoms with Gasteiger partial charge in [0.2, 0.25) is 0 Å². The van der Waals surface area contributed by atoms with Crippen molar-refractivity contribution in [1.82, 2.24) is 9.38 Å². The van der Waals surface area contributed by atoms with E-state index in [9.17, 15) is 4.79 Å².